The molecule has 1 fully saturated rings. The van der Waals surface area contributed by atoms with Crippen LogP contribution in [0.5, 0.6) is 11.5 Å². The number of hydrogen-bond acceptors (Lipinski definition) is 4. The highest BCUT2D eigenvalue weighted by Gasteiger charge is 2.30. The average molecular weight is 274 g/mol. The van der Waals surface area contributed by atoms with E-state index in [9.17, 15) is 4.79 Å². The van der Waals surface area contributed by atoms with Gasteiger partial charge in [-0.05, 0) is 31.4 Å². The van der Waals surface area contributed by atoms with Crippen LogP contribution < -0.4 is 14.8 Å². The van der Waals surface area contributed by atoms with Crippen molar-refractivity contribution < 1.29 is 14.3 Å². The molecular weight excluding hydrogens is 256 g/mol. The van der Waals surface area contributed by atoms with Gasteiger partial charge in [0, 0.05) is 6.04 Å². The highest BCUT2D eigenvalue weighted by molar-refractivity contribution is 6.00. The zero-order valence-electron chi connectivity index (χ0n) is 11.7. The van der Waals surface area contributed by atoms with Gasteiger partial charge in [-0.2, -0.15) is 5.26 Å². The molecule has 5 heteroatoms. The first-order valence-corrected chi connectivity index (χ1v) is 6.62. The summed E-state index contributed by atoms with van der Waals surface area (Å²) < 4.78 is 10.4. The smallest absolute Gasteiger partial charge is 0.259 e. The lowest BCUT2D eigenvalue weighted by Gasteiger charge is -2.18. The van der Waals surface area contributed by atoms with Gasteiger partial charge < -0.3 is 14.8 Å². The largest absolute Gasteiger partial charge is 0.496 e. The second-order valence-electron chi connectivity index (χ2n) is 4.78. The molecule has 0 aromatic heterocycles. The fraction of sp³-hybridized carbons (Fsp3) is 0.467. The molecule has 1 aliphatic rings. The molecule has 1 aliphatic carbocycles. The van der Waals surface area contributed by atoms with Crippen molar-refractivity contribution in [2.24, 2.45) is 5.92 Å². The minimum absolute atomic E-state index is 0.0953. The average Bonchev–Trinajstić information content (AvgIpc) is 2.93. The summed E-state index contributed by atoms with van der Waals surface area (Å²) in [5.41, 5.74) is 0.376. The Morgan fingerprint density at radius 2 is 1.95 bits per heavy atom. The fourth-order valence-electron chi connectivity index (χ4n) is 2.60. The number of nitrogens with zero attached hydrogens (tertiary/aromatic N) is 1. The Balaban J connectivity index is 2.23. The molecule has 0 bridgehead atoms. The number of carbonyl (C=O) groups is 1. The Bertz CT molecular complexity index is 514. The van der Waals surface area contributed by atoms with Crippen molar-refractivity contribution in [2.75, 3.05) is 14.2 Å². The van der Waals surface area contributed by atoms with Crippen molar-refractivity contribution in [1.82, 2.24) is 5.32 Å². The molecule has 1 aromatic carbocycles. The number of methoxy groups -OCH3 is 2. The van der Waals surface area contributed by atoms with Crippen molar-refractivity contribution in [1.29, 1.82) is 5.26 Å². The molecular formula is C15H18N2O3. The second-order valence-corrected chi connectivity index (χ2v) is 4.78. The van der Waals surface area contributed by atoms with Gasteiger partial charge in [0.1, 0.15) is 17.1 Å². The first kappa shape index (κ1) is 14.2. The number of benzene rings is 1. The third kappa shape index (κ3) is 2.69. The zero-order chi connectivity index (χ0) is 14.5. The van der Waals surface area contributed by atoms with Gasteiger partial charge in [-0.1, -0.05) is 6.07 Å². The minimum atomic E-state index is -0.258. The molecule has 2 atom stereocenters. The molecule has 106 valence electrons. The van der Waals surface area contributed by atoms with E-state index in [0.717, 1.165) is 19.3 Å². The van der Waals surface area contributed by atoms with E-state index in [2.05, 4.69) is 11.4 Å². The van der Waals surface area contributed by atoms with E-state index in [4.69, 9.17) is 14.7 Å². The van der Waals surface area contributed by atoms with Crippen molar-refractivity contribution in [3.05, 3.63) is 23.8 Å². The highest BCUT2D eigenvalue weighted by atomic mass is 16.5. The lowest BCUT2D eigenvalue weighted by molar-refractivity contribution is 0.0926. The quantitative estimate of drug-likeness (QED) is 0.913. The Morgan fingerprint density at radius 3 is 2.50 bits per heavy atom. The number of ether oxygens (including phenoxy) is 2. The second kappa shape index (κ2) is 6.29. The topological polar surface area (TPSA) is 71.3 Å². The van der Waals surface area contributed by atoms with Gasteiger partial charge in [0.15, 0.2) is 0 Å². The van der Waals surface area contributed by atoms with Crippen molar-refractivity contribution >= 4 is 5.91 Å². The summed E-state index contributed by atoms with van der Waals surface area (Å²) in [7, 11) is 3.03. The van der Waals surface area contributed by atoms with E-state index in [1.54, 1.807) is 18.2 Å². The SMILES string of the molecule is COc1cccc(OC)c1C(=O)NC1CCCC1C#N. The van der Waals surface area contributed by atoms with E-state index in [1.807, 2.05) is 0 Å². The maximum absolute atomic E-state index is 12.4. The fourth-order valence-corrected chi connectivity index (χ4v) is 2.60. The molecule has 0 aliphatic heterocycles. The van der Waals surface area contributed by atoms with E-state index in [0.29, 0.717) is 17.1 Å². The number of nitriles is 1. The van der Waals surface area contributed by atoms with Crippen LogP contribution in [0.3, 0.4) is 0 Å². The summed E-state index contributed by atoms with van der Waals surface area (Å²) in [6.45, 7) is 0. The van der Waals surface area contributed by atoms with Crippen LogP contribution in [-0.2, 0) is 0 Å². The maximum atomic E-state index is 12.4. The molecule has 1 N–H and O–H groups in total. The molecule has 0 heterocycles. The van der Waals surface area contributed by atoms with Gasteiger partial charge in [-0.25, -0.2) is 0 Å². The molecule has 1 amide bonds. The van der Waals surface area contributed by atoms with Crippen molar-refractivity contribution in [3.8, 4) is 17.6 Å². The zero-order valence-corrected chi connectivity index (χ0v) is 11.7. The summed E-state index contributed by atoms with van der Waals surface area (Å²) in [5, 5.41) is 12.0. The molecule has 0 saturated heterocycles. The lowest BCUT2D eigenvalue weighted by atomic mass is 10.0. The predicted octanol–water partition coefficient (Wildman–Crippen LogP) is 2.13. The summed E-state index contributed by atoms with van der Waals surface area (Å²) in [4.78, 5) is 12.4. The molecule has 0 spiro atoms. The molecule has 5 nitrogen and oxygen atoms in total. The van der Waals surface area contributed by atoms with Crippen LogP contribution in [0.1, 0.15) is 29.6 Å². The summed E-state index contributed by atoms with van der Waals surface area (Å²) in [5.74, 6) is 0.563. The van der Waals surface area contributed by atoms with Crippen LogP contribution >= 0.6 is 0 Å². The van der Waals surface area contributed by atoms with Gasteiger partial charge in [0.05, 0.1) is 26.2 Å². The van der Waals surface area contributed by atoms with E-state index in [1.165, 1.54) is 14.2 Å². The minimum Gasteiger partial charge on any atom is -0.496 e. The number of hydrogen-bond donors (Lipinski definition) is 1. The van der Waals surface area contributed by atoms with Crippen LogP contribution in [0.2, 0.25) is 0 Å². The van der Waals surface area contributed by atoms with Gasteiger partial charge in [-0.3, -0.25) is 4.79 Å². The normalized spacial score (nSPS) is 21.1. The van der Waals surface area contributed by atoms with Crippen LogP contribution in [-0.4, -0.2) is 26.2 Å². The Hall–Kier alpha value is -2.22. The highest BCUT2D eigenvalue weighted by Crippen LogP contribution is 2.30. The molecule has 2 rings (SSSR count). The number of rotatable bonds is 4. The van der Waals surface area contributed by atoms with E-state index in [-0.39, 0.29) is 17.9 Å². The third-order valence-corrected chi connectivity index (χ3v) is 3.65. The molecule has 2 unspecified atom stereocenters. The lowest BCUT2D eigenvalue weighted by Crippen LogP contribution is -2.37. The first-order chi connectivity index (χ1) is 9.71. The van der Waals surface area contributed by atoms with E-state index < -0.39 is 0 Å². The van der Waals surface area contributed by atoms with Gasteiger partial charge in [-0.15, -0.1) is 0 Å². The van der Waals surface area contributed by atoms with Crippen molar-refractivity contribution in [2.45, 2.75) is 25.3 Å². The Morgan fingerprint density at radius 1 is 1.30 bits per heavy atom. The van der Waals surface area contributed by atoms with Crippen molar-refractivity contribution in [3.63, 3.8) is 0 Å². The summed E-state index contributed by atoms with van der Waals surface area (Å²) >= 11 is 0. The van der Waals surface area contributed by atoms with Gasteiger partial charge >= 0.3 is 0 Å². The first-order valence-electron chi connectivity index (χ1n) is 6.62. The Kier molecular flexibility index (Phi) is 4.46. The third-order valence-electron chi connectivity index (χ3n) is 3.65. The van der Waals surface area contributed by atoms with E-state index >= 15 is 0 Å². The summed E-state index contributed by atoms with van der Waals surface area (Å²) in [6.07, 6.45) is 2.64. The standard InChI is InChI=1S/C15H18N2O3/c1-19-12-7-4-8-13(20-2)14(12)15(18)17-11-6-3-5-10(11)9-16/h4,7-8,10-11H,3,5-6H2,1-2H3,(H,17,18). The molecule has 1 aromatic rings. The number of amides is 1. The maximum Gasteiger partial charge on any atom is 0.259 e. The molecule has 1 saturated carbocycles. The van der Waals surface area contributed by atoms with Gasteiger partial charge in [0.25, 0.3) is 5.91 Å². The van der Waals surface area contributed by atoms with Crippen LogP contribution in [0.25, 0.3) is 0 Å². The monoisotopic (exact) mass is 274 g/mol. The number of nitrogens with one attached hydrogen (secondary N) is 1. The Labute approximate surface area is 118 Å². The van der Waals surface area contributed by atoms with Crippen LogP contribution in [0.15, 0.2) is 18.2 Å². The molecule has 0 radical (unpaired) electrons. The van der Waals surface area contributed by atoms with Gasteiger partial charge in [0.2, 0.25) is 0 Å². The molecule has 20 heavy (non-hydrogen) atoms. The summed E-state index contributed by atoms with van der Waals surface area (Å²) in [6, 6.07) is 7.35. The number of carbonyl (C=O) groups excluding carboxylic acids is 1. The predicted molar refractivity (Wildman–Crippen MR) is 73.8 cm³/mol. The van der Waals surface area contributed by atoms with Crippen LogP contribution in [0.4, 0.5) is 0 Å². The van der Waals surface area contributed by atoms with Crippen LogP contribution in [0, 0.1) is 17.2 Å².